The highest BCUT2D eigenvalue weighted by Gasteiger charge is 2.14. The number of carbonyl (C=O) groups is 1. The van der Waals surface area contributed by atoms with Crippen molar-refractivity contribution in [1.29, 1.82) is 0 Å². The van der Waals surface area contributed by atoms with Crippen molar-refractivity contribution in [2.45, 2.75) is 13.2 Å². The van der Waals surface area contributed by atoms with Crippen molar-refractivity contribution in [2.75, 3.05) is 5.32 Å². The van der Waals surface area contributed by atoms with E-state index in [2.05, 4.69) is 15.3 Å². The molecule has 0 fully saturated rings. The molecule has 0 spiro atoms. The molecule has 1 N–H and O–H groups in total. The highest BCUT2D eigenvalue weighted by atomic mass is 16.5. The number of imidazole rings is 1. The van der Waals surface area contributed by atoms with E-state index in [0.29, 0.717) is 11.6 Å². The number of rotatable bonds is 6. The molecule has 0 radical (unpaired) electrons. The lowest BCUT2D eigenvalue weighted by Crippen LogP contribution is -2.21. The summed E-state index contributed by atoms with van der Waals surface area (Å²) in [6.45, 7) is 0.403. The lowest BCUT2D eigenvalue weighted by Gasteiger charge is -2.10. The van der Waals surface area contributed by atoms with Crippen molar-refractivity contribution >= 4 is 22.8 Å². The number of nitrogens with one attached hydrogen (secondary N) is 1. The van der Waals surface area contributed by atoms with Gasteiger partial charge in [-0.1, -0.05) is 36.4 Å². The van der Waals surface area contributed by atoms with Crippen molar-refractivity contribution < 1.29 is 9.53 Å². The Hall–Kier alpha value is -3.67. The second-order valence-electron chi connectivity index (χ2n) is 5.97. The van der Waals surface area contributed by atoms with Gasteiger partial charge in [-0.25, -0.2) is 9.97 Å². The van der Waals surface area contributed by atoms with Crippen molar-refractivity contribution in [3.8, 4) is 5.75 Å². The second kappa shape index (κ2) is 7.70. The Labute approximate surface area is 156 Å². The number of amides is 1. The van der Waals surface area contributed by atoms with Gasteiger partial charge in [-0.2, -0.15) is 0 Å². The van der Waals surface area contributed by atoms with Crippen LogP contribution >= 0.6 is 0 Å². The maximum absolute atomic E-state index is 12.5. The standard InChI is InChI=1S/C21H18N4O2/c26-21(24-19-12-6-7-13-22-19)14-25-18-11-5-4-10-17(18)23-20(25)15-27-16-8-2-1-3-9-16/h1-13H,14-15H2,(H,22,24,26). The Morgan fingerprint density at radius 1 is 0.963 bits per heavy atom. The van der Waals surface area contributed by atoms with Gasteiger partial charge in [0.25, 0.3) is 0 Å². The van der Waals surface area contributed by atoms with Crippen LogP contribution < -0.4 is 10.1 Å². The van der Waals surface area contributed by atoms with Gasteiger partial charge in [-0.15, -0.1) is 0 Å². The van der Waals surface area contributed by atoms with Gasteiger partial charge in [0.05, 0.1) is 11.0 Å². The highest BCUT2D eigenvalue weighted by Crippen LogP contribution is 2.18. The summed E-state index contributed by atoms with van der Waals surface area (Å²) >= 11 is 0. The summed E-state index contributed by atoms with van der Waals surface area (Å²) in [6, 6.07) is 22.7. The molecular weight excluding hydrogens is 340 g/mol. The molecule has 1 amide bonds. The van der Waals surface area contributed by atoms with E-state index in [1.54, 1.807) is 18.3 Å². The van der Waals surface area contributed by atoms with E-state index in [1.165, 1.54) is 0 Å². The number of ether oxygens (including phenoxy) is 1. The molecule has 4 aromatic rings. The zero-order chi connectivity index (χ0) is 18.5. The third kappa shape index (κ3) is 3.95. The van der Waals surface area contributed by atoms with Gasteiger partial charge in [0.1, 0.15) is 30.5 Å². The number of hydrogen-bond acceptors (Lipinski definition) is 4. The third-order valence-electron chi connectivity index (χ3n) is 4.08. The smallest absolute Gasteiger partial charge is 0.245 e. The summed E-state index contributed by atoms with van der Waals surface area (Å²) < 4.78 is 7.71. The van der Waals surface area contributed by atoms with Gasteiger partial charge in [-0.05, 0) is 36.4 Å². The maximum Gasteiger partial charge on any atom is 0.245 e. The third-order valence-corrected chi connectivity index (χ3v) is 4.08. The molecule has 2 heterocycles. The molecule has 6 heteroatoms. The van der Waals surface area contributed by atoms with E-state index in [-0.39, 0.29) is 19.1 Å². The Kier molecular flexibility index (Phi) is 4.78. The average molecular weight is 358 g/mol. The monoisotopic (exact) mass is 358 g/mol. The van der Waals surface area contributed by atoms with Gasteiger partial charge in [-0.3, -0.25) is 4.79 Å². The zero-order valence-corrected chi connectivity index (χ0v) is 14.6. The molecule has 2 aromatic heterocycles. The first-order valence-electron chi connectivity index (χ1n) is 8.62. The van der Waals surface area contributed by atoms with Gasteiger partial charge in [0, 0.05) is 6.20 Å². The lowest BCUT2D eigenvalue weighted by molar-refractivity contribution is -0.116. The van der Waals surface area contributed by atoms with Gasteiger partial charge in [0.2, 0.25) is 5.91 Å². The van der Waals surface area contributed by atoms with E-state index in [0.717, 1.165) is 16.8 Å². The minimum absolute atomic E-state index is 0.130. The fourth-order valence-corrected chi connectivity index (χ4v) is 2.84. The van der Waals surface area contributed by atoms with Gasteiger partial charge < -0.3 is 14.6 Å². The van der Waals surface area contributed by atoms with Crippen LogP contribution in [0.2, 0.25) is 0 Å². The largest absolute Gasteiger partial charge is 0.486 e. The van der Waals surface area contributed by atoms with E-state index in [4.69, 9.17) is 4.74 Å². The number of carbonyl (C=O) groups excluding carboxylic acids is 1. The molecule has 0 bridgehead atoms. The predicted octanol–water partition coefficient (Wildman–Crippen LogP) is 3.65. The van der Waals surface area contributed by atoms with Crippen LogP contribution in [0.1, 0.15) is 5.82 Å². The molecule has 134 valence electrons. The first-order chi connectivity index (χ1) is 13.3. The van der Waals surface area contributed by atoms with Gasteiger partial charge >= 0.3 is 0 Å². The topological polar surface area (TPSA) is 69.0 Å². The number of nitrogens with zero attached hydrogens (tertiary/aromatic N) is 3. The van der Waals surface area contributed by atoms with Crippen molar-refractivity contribution in [3.05, 3.63) is 84.8 Å². The summed E-state index contributed by atoms with van der Waals surface area (Å²) in [6.07, 6.45) is 1.64. The van der Waals surface area contributed by atoms with Crippen molar-refractivity contribution in [3.63, 3.8) is 0 Å². The number of para-hydroxylation sites is 3. The SMILES string of the molecule is O=C(Cn1c(COc2ccccc2)nc2ccccc21)Nc1ccccn1. The Morgan fingerprint density at radius 3 is 2.56 bits per heavy atom. The van der Waals surface area contributed by atoms with Crippen LogP contribution in [0.15, 0.2) is 79.0 Å². The van der Waals surface area contributed by atoms with Crippen LogP contribution in [0.3, 0.4) is 0 Å². The maximum atomic E-state index is 12.5. The minimum atomic E-state index is -0.169. The highest BCUT2D eigenvalue weighted by molar-refractivity contribution is 5.90. The molecule has 6 nitrogen and oxygen atoms in total. The van der Waals surface area contributed by atoms with Crippen LogP contribution in [0.4, 0.5) is 5.82 Å². The number of hydrogen-bond donors (Lipinski definition) is 1. The molecular formula is C21H18N4O2. The molecule has 0 aliphatic heterocycles. The molecule has 2 aromatic carbocycles. The normalized spacial score (nSPS) is 10.7. The number of fused-ring (bicyclic) bond motifs is 1. The fourth-order valence-electron chi connectivity index (χ4n) is 2.84. The summed E-state index contributed by atoms with van der Waals surface area (Å²) in [7, 11) is 0. The summed E-state index contributed by atoms with van der Waals surface area (Å²) in [5.41, 5.74) is 1.72. The summed E-state index contributed by atoms with van der Waals surface area (Å²) in [4.78, 5) is 21.3. The molecule has 0 aliphatic carbocycles. The number of pyridine rings is 1. The van der Waals surface area contributed by atoms with E-state index in [9.17, 15) is 4.79 Å². The summed E-state index contributed by atoms with van der Waals surface area (Å²) in [5, 5.41) is 2.81. The van der Waals surface area contributed by atoms with Crippen LogP contribution in [0, 0.1) is 0 Å². The molecule has 0 saturated carbocycles. The number of anilines is 1. The molecule has 0 atom stereocenters. The lowest BCUT2D eigenvalue weighted by atomic mass is 10.3. The average Bonchev–Trinajstić information content (AvgIpc) is 3.05. The Bertz CT molecular complexity index is 1050. The predicted molar refractivity (Wildman–Crippen MR) is 103 cm³/mol. The molecule has 27 heavy (non-hydrogen) atoms. The first kappa shape index (κ1) is 16.8. The van der Waals surface area contributed by atoms with Crippen LogP contribution in [0.5, 0.6) is 5.75 Å². The number of aromatic nitrogens is 3. The zero-order valence-electron chi connectivity index (χ0n) is 14.6. The second-order valence-corrected chi connectivity index (χ2v) is 5.97. The summed E-state index contributed by atoms with van der Waals surface area (Å²) in [5.74, 6) is 1.80. The van der Waals surface area contributed by atoms with E-state index in [1.807, 2.05) is 65.2 Å². The Balaban J connectivity index is 1.57. The molecule has 0 aliphatic rings. The quantitative estimate of drug-likeness (QED) is 0.571. The van der Waals surface area contributed by atoms with Crippen molar-refractivity contribution in [2.24, 2.45) is 0 Å². The minimum Gasteiger partial charge on any atom is -0.486 e. The number of benzene rings is 2. The van der Waals surface area contributed by atoms with Crippen molar-refractivity contribution in [1.82, 2.24) is 14.5 Å². The molecule has 0 unspecified atom stereocenters. The first-order valence-corrected chi connectivity index (χ1v) is 8.62. The van der Waals surface area contributed by atoms with Crippen LogP contribution in [-0.4, -0.2) is 20.4 Å². The van der Waals surface area contributed by atoms with E-state index < -0.39 is 0 Å². The van der Waals surface area contributed by atoms with Gasteiger partial charge in [0.15, 0.2) is 0 Å². The van der Waals surface area contributed by atoms with Crippen LogP contribution in [-0.2, 0) is 17.9 Å². The fraction of sp³-hybridized carbons (Fsp3) is 0.0952. The van der Waals surface area contributed by atoms with Crippen LogP contribution in [0.25, 0.3) is 11.0 Å². The molecule has 0 saturated heterocycles. The van der Waals surface area contributed by atoms with E-state index >= 15 is 0 Å². The molecule has 4 rings (SSSR count). The Morgan fingerprint density at radius 2 is 1.74 bits per heavy atom.